The van der Waals surface area contributed by atoms with Gasteiger partial charge in [0.2, 0.25) is 0 Å². The van der Waals surface area contributed by atoms with Crippen LogP contribution in [0.4, 0.5) is 0 Å². The minimum absolute atomic E-state index is 0.242. The number of aryl methyl sites for hydroxylation is 2. The molecule has 4 rings (SSSR count). The van der Waals surface area contributed by atoms with Crippen LogP contribution in [-0.2, 0) is 12.8 Å². The molecule has 0 saturated carbocycles. The zero-order valence-electron chi connectivity index (χ0n) is 12.0. The molecule has 0 atom stereocenters. The Bertz CT molecular complexity index is 841. The fourth-order valence-electron chi connectivity index (χ4n) is 3.26. The number of imidazole rings is 1. The van der Waals surface area contributed by atoms with E-state index in [0.717, 1.165) is 42.0 Å². The zero-order valence-corrected chi connectivity index (χ0v) is 12.0. The Labute approximate surface area is 122 Å². The molecule has 1 aromatic carbocycles. The highest BCUT2D eigenvalue weighted by molar-refractivity contribution is 6.03. The number of aromatic nitrogens is 3. The molecule has 0 fully saturated rings. The molecule has 2 heterocycles. The lowest BCUT2D eigenvalue weighted by atomic mass is 9.94. The first-order chi connectivity index (χ1) is 10.3. The average molecular weight is 279 g/mol. The summed E-state index contributed by atoms with van der Waals surface area (Å²) in [7, 11) is 0. The molecule has 4 heteroatoms. The van der Waals surface area contributed by atoms with Crippen molar-refractivity contribution in [1.29, 1.82) is 0 Å². The molecule has 21 heavy (non-hydrogen) atoms. The van der Waals surface area contributed by atoms with Crippen molar-refractivity contribution < 1.29 is 4.79 Å². The van der Waals surface area contributed by atoms with E-state index >= 15 is 0 Å². The van der Waals surface area contributed by atoms with Crippen LogP contribution < -0.4 is 0 Å². The number of H-pyrrole nitrogens is 1. The first kappa shape index (κ1) is 12.4. The molecule has 0 aliphatic heterocycles. The predicted molar refractivity (Wildman–Crippen MR) is 82.1 cm³/mol. The molecular formula is C17H17N3O. The summed E-state index contributed by atoms with van der Waals surface area (Å²) in [4.78, 5) is 19.7. The second-order valence-electron chi connectivity index (χ2n) is 5.55. The van der Waals surface area contributed by atoms with Gasteiger partial charge in [0.15, 0.2) is 5.78 Å². The van der Waals surface area contributed by atoms with Gasteiger partial charge in [0.05, 0.1) is 5.69 Å². The van der Waals surface area contributed by atoms with Gasteiger partial charge in [-0.2, -0.15) is 0 Å². The monoisotopic (exact) mass is 279 g/mol. The Morgan fingerprint density at radius 3 is 3.10 bits per heavy atom. The quantitative estimate of drug-likeness (QED) is 0.781. The van der Waals surface area contributed by atoms with Crippen molar-refractivity contribution in [2.24, 2.45) is 0 Å². The molecule has 0 amide bonds. The van der Waals surface area contributed by atoms with Gasteiger partial charge in [0.25, 0.3) is 0 Å². The summed E-state index contributed by atoms with van der Waals surface area (Å²) in [6.45, 7) is 2.11. The number of Topliss-reactive ketones (excluding diaryl/α,β-unsaturated/α-hetero) is 1. The van der Waals surface area contributed by atoms with Crippen LogP contribution in [0.25, 0.3) is 16.6 Å². The highest BCUT2D eigenvalue weighted by Gasteiger charge is 2.22. The van der Waals surface area contributed by atoms with Crippen molar-refractivity contribution in [3.8, 4) is 5.69 Å². The van der Waals surface area contributed by atoms with E-state index in [1.807, 2.05) is 12.4 Å². The Kier molecular flexibility index (Phi) is 2.70. The summed E-state index contributed by atoms with van der Waals surface area (Å²) >= 11 is 0. The van der Waals surface area contributed by atoms with Crippen LogP contribution >= 0.6 is 0 Å². The van der Waals surface area contributed by atoms with E-state index in [1.165, 1.54) is 10.9 Å². The SMILES string of the molecule is CCc1nccn1-c1ccc2[nH]c3c(c2c1)CCCC3=O. The predicted octanol–water partition coefficient (Wildman–Crippen LogP) is 3.44. The maximum absolute atomic E-state index is 12.0. The number of carbonyl (C=O) groups excluding carboxylic acids is 1. The van der Waals surface area contributed by atoms with Gasteiger partial charge in [0, 0.05) is 41.8 Å². The number of aromatic amines is 1. The molecule has 0 bridgehead atoms. The first-order valence-electron chi connectivity index (χ1n) is 7.48. The number of carbonyl (C=O) groups is 1. The van der Waals surface area contributed by atoms with Crippen molar-refractivity contribution in [1.82, 2.24) is 14.5 Å². The molecule has 0 unspecified atom stereocenters. The summed E-state index contributed by atoms with van der Waals surface area (Å²) in [6.07, 6.45) is 7.32. The first-order valence-corrected chi connectivity index (χ1v) is 7.48. The van der Waals surface area contributed by atoms with Gasteiger partial charge in [-0.15, -0.1) is 0 Å². The number of hydrogen-bond acceptors (Lipinski definition) is 2. The van der Waals surface area contributed by atoms with Crippen molar-refractivity contribution in [2.75, 3.05) is 0 Å². The van der Waals surface area contributed by atoms with Crippen molar-refractivity contribution in [3.05, 3.63) is 47.7 Å². The number of rotatable bonds is 2. The minimum atomic E-state index is 0.242. The Balaban J connectivity index is 1.92. The number of fused-ring (bicyclic) bond motifs is 3. The van der Waals surface area contributed by atoms with Crippen LogP contribution in [0.15, 0.2) is 30.6 Å². The summed E-state index contributed by atoms with van der Waals surface area (Å²) in [5.74, 6) is 1.29. The second kappa shape index (κ2) is 4.58. The zero-order chi connectivity index (χ0) is 14.4. The molecule has 0 radical (unpaired) electrons. The number of hydrogen-bond donors (Lipinski definition) is 1. The Hall–Kier alpha value is -2.36. The molecule has 1 aliphatic carbocycles. The normalized spacial score (nSPS) is 14.6. The lowest BCUT2D eigenvalue weighted by molar-refractivity contribution is 0.0968. The summed E-state index contributed by atoms with van der Waals surface area (Å²) in [5.41, 5.74) is 4.16. The lowest BCUT2D eigenvalue weighted by Crippen LogP contribution is -2.09. The van der Waals surface area contributed by atoms with Crippen LogP contribution in [0.3, 0.4) is 0 Å². The maximum Gasteiger partial charge on any atom is 0.179 e. The molecule has 3 aromatic rings. The topological polar surface area (TPSA) is 50.7 Å². The van der Waals surface area contributed by atoms with Crippen molar-refractivity contribution in [2.45, 2.75) is 32.6 Å². The second-order valence-corrected chi connectivity index (χ2v) is 5.55. The van der Waals surface area contributed by atoms with E-state index in [9.17, 15) is 4.79 Å². The number of nitrogens with one attached hydrogen (secondary N) is 1. The average Bonchev–Trinajstić information content (AvgIpc) is 3.11. The molecule has 2 aromatic heterocycles. The summed E-state index contributed by atoms with van der Waals surface area (Å²) in [6, 6.07) is 6.31. The number of ketones is 1. The third-order valence-electron chi connectivity index (χ3n) is 4.31. The molecule has 1 aliphatic rings. The molecular weight excluding hydrogens is 262 g/mol. The third-order valence-corrected chi connectivity index (χ3v) is 4.31. The number of nitrogens with zero attached hydrogens (tertiary/aromatic N) is 2. The fourth-order valence-corrected chi connectivity index (χ4v) is 3.26. The van der Waals surface area contributed by atoms with E-state index in [-0.39, 0.29) is 5.78 Å². The lowest BCUT2D eigenvalue weighted by Gasteiger charge is -2.10. The van der Waals surface area contributed by atoms with Crippen LogP contribution in [0, 0.1) is 0 Å². The third kappa shape index (κ3) is 1.82. The highest BCUT2D eigenvalue weighted by atomic mass is 16.1. The standard InChI is InChI=1S/C17H17N3O/c1-2-16-18-8-9-20(16)11-6-7-14-13(10-11)12-4-3-5-15(21)17(12)19-14/h6-10,19H,2-5H2,1H3. The van der Waals surface area contributed by atoms with E-state index in [2.05, 4.69) is 39.7 Å². The molecule has 106 valence electrons. The minimum Gasteiger partial charge on any atom is -0.352 e. The highest BCUT2D eigenvalue weighted by Crippen LogP contribution is 2.30. The molecule has 0 spiro atoms. The van der Waals surface area contributed by atoms with E-state index in [1.54, 1.807) is 0 Å². The van der Waals surface area contributed by atoms with Gasteiger partial charge < -0.3 is 9.55 Å². The smallest absolute Gasteiger partial charge is 0.179 e. The van der Waals surface area contributed by atoms with Crippen LogP contribution in [0.2, 0.25) is 0 Å². The van der Waals surface area contributed by atoms with Gasteiger partial charge in [-0.25, -0.2) is 4.98 Å². The van der Waals surface area contributed by atoms with Gasteiger partial charge in [0.1, 0.15) is 5.82 Å². The number of benzene rings is 1. The van der Waals surface area contributed by atoms with Crippen molar-refractivity contribution in [3.63, 3.8) is 0 Å². The van der Waals surface area contributed by atoms with E-state index in [4.69, 9.17) is 0 Å². The van der Waals surface area contributed by atoms with E-state index < -0.39 is 0 Å². The van der Waals surface area contributed by atoms with E-state index in [0.29, 0.717) is 6.42 Å². The van der Waals surface area contributed by atoms with Crippen LogP contribution in [0.5, 0.6) is 0 Å². The summed E-state index contributed by atoms with van der Waals surface area (Å²) < 4.78 is 2.11. The maximum atomic E-state index is 12.0. The van der Waals surface area contributed by atoms with Gasteiger partial charge in [-0.1, -0.05) is 6.92 Å². The van der Waals surface area contributed by atoms with Crippen molar-refractivity contribution >= 4 is 16.7 Å². The Morgan fingerprint density at radius 2 is 2.24 bits per heavy atom. The fraction of sp³-hybridized carbons (Fsp3) is 0.294. The Morgan fingerprint density at radius 1 is 1.33 bits per heavy atom. The van der Waals surface area contributed by atoms with Crippen LogP contribution in [-0.4, -0.2) is 20.3 Å². The largest absolute Gasteiger partial charge is 0.352 e. The molecule has 4 nitrogen and oxygen atoms in total. The molecule has 0 saturated heterocycles. The summed E-state index contributed by atoms with van der Waals surface area (Å²) in [5, 5.41) is 1.17. The van der Waals surface area contributed by atoms with Gasteiger partial charge in [-0.05, 0) is 36.6 Å². The molecule has 1 N–H and O–H groups in total. The van der Waals surface area contributed by atoms with Crippen LogP contribution in [0.1, 0.15) is 41.6 Å². The van der Waals surface area contributed by atoms with Gasteiger partial charge in [-0.3, -0.25) is 4.79 Å². The van der Waals surface area contributed by atoms with Gasteiger partial charge >= 0.3 is 0 Å².